The molecule has 0 bridgehead atoms. The number of hydrogen-bond acceptors (Lipinski definition) is 5. The first-order valence-electron chi connectivity index (χ1n) is 6.49. The maximum atomic E-state index is 11.0. The van der Waals surface area contributed by atoms with Crippen molar-refractivity contribution in [2.24, 2.45) is 0 Å². The van der Waals surface area contributed by atoms with Crippen molar-refractivity contribution in [2.45, 2.75) is 6.54 Å². The number of nitro benzene ring substituents is 1. The van der Waals surface area contributed by atoms with Gasteiger partial charge in [0.2, 0.25) is 0 Å². The summed E-state index contributed by atoms with van der Waals surface area (Å²) in [4.78, 5) is 14.7. The van der Waals surface area contributed by atoms with E-state index >= 15 is 0 Å². The first-order valence-corrected chi connectivity index (χ1v) is 6.49. The summed E-state index contributed by atoms with van der Waals surface area (Å²) in [7, 11) is 0. The third-order valence-electron chi connectivity index (χ3n) is 3.16. The molecule has 0 saturated heterocycles. The molecule has 0 radical (unpaired) electrons. The Morgan fingerprint density at radius 2 is 2.14 bits per heavy atom. The van der Waals surface area contributed by atoms with E-state index in [0.717, 1.165) is 11.1 Å². The van der Waals surface area contributed by atoms with Gasteiger partial charge in [0.25, 0.3) is 5.69 Å². The zero-order chi connectivity index (χ0) is 14.7. The van der Waals surface area contributed by atoms with Crippen LogP contribution in [0.3, 0.4) is 0 Å². The molecule has 2 aromatic heterocycles. The molecule has 0 aliphatic carbocycles. The highest BCUT2D eigenvalue weighted by atomic mass is 16.6. The van der Waals surface area contributed by atoms with Crippen LogP contribution in [0.4, 0.5) is 11.4 Å². The summed E-state index contributed by atoms with van der Waals surface area (Å²) < 4.78 is 1.82. The number of non-ortho nitro benzene ring substituents is 1. The number of benzene rings is 1. The first-order chi connectivity index (χ1) is 10.3. The molecule has 7 heteroatoms. The number of hydrogen-bond donors (Lipinski definition) is 1. The number of para-hydroxylation sites is 1. The second-order valence-electron chi connectivity index (χ2n) is 4.48. The Balaban J connectivity index is 1.85. The molecular weight excluding hydrogens is 270 g/mol. The number of nitrogens with one attached hydrogen (secondary N) is 1. The van der Waals surface area contributed by atoms with E-state index in [4.69, 9.17) is 0 Å². The lowest BCUT2D eigenvalue weighted by molar-refractivity contribution is -0.383. The summed E-state index contributed by atoms with van der Waals surface area (Å²) in [6.07, 6.45) is 5.19. The lowest BCUT2D eigenvalue weighted by Gasteiger charge is -2.09. The van der Waals surface area contributed by atoms with Crippen molar-refractivity contribution < 1.29 is 4.92 Å². The Bertz CT molecular complexity index is 770. The van der Waals surface area contributed by atoms with Crippen LogP contribution in [0.15, 0.2) is 48.9 Å². The average Bonchev–Trinajstić information content (AvgIpc) is 3.00. The van der Waals surface area contributed by atoms with E-state index in [0.29, 0.717) is 18.6 Å². The highest BCUT2D eigenvalue weighted by Crippen LogP contribution is 2.28. The summed E-state index contributed by atoms with van der Waals surface area (Å²) in [6.45, 7) is 1.38. The number of nitro groups is 1. The standard InChI is InChI=1S/C14H13N5O2/c20-19(21)13-4-1-3-11-12(5-7-16-14(11)13)15-8-10-18-9-2-6-17-18/h1-7,9H,8,10H2,(H,15,16). The predicted molar refractivity (Wildman–Crippen MR) is 79.1 cm³/mol. The van der Waals surface area contributed by atoms with Crippen LogP contribution in [0, 0.1) is 10.1 Å². The summed E-state index contributed by atoms with van der Waals surface area (Å²) in [5.41, 5.74) is 1.24. The Morgan fingerprint density at radius 3 is 2.90 bits per heavy atom. The fourth-order valence-electron chi connectivity index (χ4n) is 2.20. The van der Waals surface area contributed by atoms with Crippen LogP contribution in [0.25, 0.3) is 10.9 Å². The molecule has 3 rings (SSSR count). The van der Waals surface area contributed by atoms with E-state index in [2.05, 4.69) is 15.4 Å². The fourth-order valence-corrected chi connectivity index (χ4v) is 2.20. The predicted octanol–water partition coefficient (Wildman–Crippen LogP) is 2.45. The van der Waals surface area contributed by atoms with Gasteiger partial charge in [0.15, 0.2) is 0 Å². The van der Waals surface area contributed by atoms with Gasteiger partial charge in [-0.25, -0.2) is 4.98 Å². The minimum atomic E-state index is -0.414. The van der Waals surface area contributed by atoms with Crippen LogP contribution in [-0.2, 0) is 6.54 Å². The van der Waals surface area contributed by atoms with Crippen molar-refractivity contribution in [3.8, 4) is 0 Å². The van der Waals surface area contributed by atoms with E-state index in [1.807, 2.05) is 29.1 Å². The summed E-state index contributed by atoms with van der Waals surface area (Å²) in [5, 5.41) is 19.2. The summed E-state index contributed by atoms with van der Waals surface area (Å²) >= 11 is 0. The lowest BCUT2D eigenvalue weighted by atomic mass is 10.1. The molecule has 7 nitrogen and oxygen atoms in total. The molecule has 3 aromatic rings. The molecule has 0 fully saturated rings. The third-order valence-corrected chi connectivity index (χ3v) is 3.16. The number of nitrogens with zero attached hydrogens (tertiary/aromatic N) is 4. The topological polar surface area (TPSA) is 85.9 Å². The Kier molecular flexibility index (Phi) is 3.46. The van der Waals surface area contributed by atoms with Crippen LogP contribution in [0.1, 0.15) is 0 Å². The van der Waals surface area contributed by atoms with Crippen LogP contribution in [0.5, 0.6) is 0 Å². The molecule has 0 aliphatic rings. The second kappa shape index (κ2) is 5.58. The number of fused-ring (bicyclic) bond motifs is 1. The van der Waals surface area contributed by atoms with Gasteiger partial charge in [-0.1, -0.05) is 12.1 Å². The zero-order valence-electron chi connectivity index (χ0n) is 11.1. The van der Waals surface area contributed by atoms with Crippen LogP contribution in [0.2, 0.25) is 0 Å². The highest BCUT2D eigenvalue weighted by Gasteiger charge is 2.14. The number of anilines is 1. The molecule has 0 atom stereocenters. The number of aromatic nitrogens is 3. The second-order valence-corrected chi connectivity index (χ2v) is 4.48. The van der Waals surface area contributed by atoms with E-state index in [1.165, 1.54) is 6.07 Å². The third kappa shape index (κ3) is 2.66. The van der Waals surface area contributed by atoms with Gasteiger partial charge < -0.3 is 5.32 Å². The van der Waals surface area contributed by atoms with E-state index < -0.39 is 4.92 Å². The van der Waals surface area contributed by atoms with Crippen LogP contribution >= 0.6 is 0 Å². The monoisotopic (exact) mass is 283 g/mol. The van der Waals surface area contributed by atoms with Crippen molar-refractivity contribution in [1.82, 2.24) is 14.8 Å². The van der Waals surface area contributed by atoms with Gasteiger partial charge in [0, 0.05) is 42.3 Å². The van der Waals surface area contributed by atoms with Gasteiger partial charge in [-0.05, 0) is 12.1 Å². The van der Waals surface area contributed by atoms with Gasteiger partial charge in [0.1, 0.15) is 5.52 Å². The molecular formula is C14H13N5O2. The maximum Gasteiger partial charge on any atom is 0.295 e. The lowest BCUT2D eigenvalue weighted by Crippen LogP contribution is -2.11. The minimum Gasteiger partial charge on any atom is -0.383 e. The number of pyridine rings is 1. The van der Waals surface area contributed by atoms with Gasteiger partial charge >= 0.3 is 0 Å². The van der Waals surface area contributed by atoms with Crippen molar-refractivity contribution in [2.75, 3.05) is 11.9 Å². The zero-order valence-corrected chi connectivity index (χ0v) is 11.1. The fraction of sp³-hybridized carbons (Fsp3) is 0.143. The van der Waals surface area contributed by atoms with Crippen LogP contribution in [-0.4, -0.2) is 26.2 Å². The van der Waals surface area contributed by atoms with Crippen molar-refractivity contribution >= 4 is 22.3 Å². The molecule has 21 heavy (non-hydrogen) atoms. The summed E-state index contributed by atoms with van der Waals surface area (Å²) in [6, 6.07) is 8.63. The van der Waals surface area contributed by atoms with Gasteiger partial charge in [-0.2, -0.15) is 5.10 Å². The molecule has 106 valence electrons. The van der Waals surface area contributed by atoms with E-state index in [-0.39, 0.29) is 5.69 Å². The average molecular weight is 283 g/mol. The van der Waals surface area contributed by atoms with Gasteiger partial charge in [-0.3, -0.25) is 14.8 Å². The minimum absolute atomic E-state index is 0.0169. The normalized spacial score (nSPS) is 10.7. The molecule has 0 spiro atoms. The van der Waals surface area contributed by atoms with E-state index in [9.17, 15) is 10.1 Å². The quantitative estimate of drug-likeness (QED) is 0.574. The largest absolute Gasteiger partial charge is 0.383 e. The van der Waals surface area contributed by atoms with Crippen molar-refractivity contribution in [3.63, 3.8) is 0 Å². The first kappa shape index (κ1) is 13.0. The van der Waals surface area contributed by atoms with Crippen molar-refractivity contribution in [1.29, 1.82) is 0 Å². The Hall–Kier alpha value is -2.96. The smallest absolute Gasteiger partial charge is 0.295 e. The van der Waals surface area contributed by atoms with Crippen LogP contribution < -0.4 is 5.32 Å². The highest BCUT2D eigenvalue weighted by molar-refractivity contribution is 5.96. The Labute approximate surface area is 120 Å². The molecule has 0 saturated carbocycles. The number of rotatable bonds is 5. The molecule has 1 N–H and O–H groups in total. The molecule has 0 unspecified atom stereocenters. The molecule has 2 heterocycles. The molecule has 1 aromatic carbocycles. The van der Waals surface area contributed by atoms with Gasteiger partial charge in [-0.15, -0.1) is 0 Å². The van der Waals surface area contributed by atoms with E-state index in [1.54, 1.807) is 18.5 Å². The van der Waals surface area contributed by atoms with Gasteiger partial charge in [0.05, 0.1) is 11.5 Å². The molecule has 0 aliphatic heterocycles. The molecule has 0 amide bonds. The van der Waals surface area contributed by atoms with Crippen molar-refractivity contribution in [3.05, 3.63) is 59.0 Å². The Morgan fingerprint density at radius 1 is 1.24 bits per heavy atom. The summed E-state index contributed by atoms with van der Waals surface area (Å²) in [5.74, 6) is 0. The SMILES string of the molecule is O=[N+]([O-])c1cccc2c(NCCn3cccn3)ccnc12. The maximum absolute atomic E-state index is 11.0.